The molecule has 1 aliphatic rings. The van der Waals surface area contributed by atoms with E-state index in [2.05, 4.69) is 39.1 Å². The van der Waals surface area contributed by atoms with E-state index in [1.165, 1.54) is 25.7 Å². The summed E-state index contributed by atoms with van der Waals surface area (Å²) in [5.74, 6) is 3.39. The minimum Gasteiger partial charge on any atom is -0.478 e. The Labute approximate surface area is 221 Å². The van der Waals surface area contributed by atoms with E-state index < -0.39 is 0 Å². The zero-order valence-electron chi connectivity index (χ0n) is 23.5. The van der Waals surface area contributed by atoms with Crippen LogP contribution in [0.4, 0.5) is 11.4 Å². The fourth-order valence-electron chi connectivity index (χ4n) is 4.30. The lowest BCUT2D eigenvalue weighted by Gasteiger charge is -2.22. The summed E-state index contributed by atoms with van der Waals surface area (Å²) in [6.45, 7) is 15.2. The van der Waals surface area contributed by atoms with Crippen LogP contribution in [0.1, 0.15) is 71.7 Å². The zero-order valence-corrected chi connectivity index (χ0v) is 23.5. The predicted molar refractivity (Wildman–Crippen MR) is 153 cm³/mol. The van der Waals surface area contributed by atoms with Crippen LogP contribution < -0.4 is 10.1 Å². The van der Waals surface area contributed by atoms with Crippen molar-refractivity contribution in [1.29, 1.82) is 0 Å². The molecule has 4 heterocycles. The van der Waals surface area contributed by atoms with Crippen molar-refractivity contribution in [1.82, 2.24) is 24.3 Å². The largest absolute Gasteiger partial charge is 0.478 e. The van der Waals surface area contributed by atoms with Gasteiger partial charge in [-0.1, -0.05) is 53.4 Å². The molecule has 5 rings (SSSR count). The Hall–Kier alpha value is -3.48. The van der Waals surface area contributed by atoms with Gasteiger partial charge in [0.15, 0.2) is 0 Å². The molecular formula is C30H42N6O. The number of hydrogen-bond acceptors (Lipinski definition) is 6. The number of rotatable bonds is 5. The Morgan fingerprint density at radius 1 is 0.865 bits per heavy atom. The monoisotopic (exact) mass is 502 g/mol. The molecule has 37 heavy (non-hydrogen) atoms. The number of aromatic nitrogens is 5. The zero-order chi connectivity index (χ0) is 26.8. The van der Waals surface area contributed by atoms with Gasteiger partial charge in [0, 0.05) is 18.5 Å². The number of aryl methyl sites for hydroxylation is 2. The van der Waals surface area contributed by atoms with Gasteiger partial charge in [0.1, 0.15) is 11.5 Å². The molecule has 0 atom stereocenters. The van der Waals surface area contributed by atoms with Gasteiger partial charge < -0.3 is 10.1 Å². The number of imidazole rings is 1. The van der Waals surface area contributed by atoms with Gasteiger partial charge in [0.2, 0.25) is 5.88 Å². The lowest BCUT2D eigenvalue weighted by atomic mass is 9.84. The summed E-state index contributed by atoms with van der Waals surface area (Å²) < 4.78 is 7.41. The van der Waals surface area contributed by atoms with Crippen molar-refractivity contribution in [3.05, 3.63) is 60.4 Å². The first-order valence-corrected chi connectivity index (χ1v) is 13.6. The van der Waals surface area contributed by atoms with Crippen molar-refractivity contribution in [2.75, 3.05) is 11.9 Å². The number of anilines is 2. The van der Waals surface area contributed by atoms with E-state index in [0.29, 0.717) is 12.5 Å². The third kappa shape index (κ3) is 7.75. The van der Waals surface area contributed by atoms with Gasteiger partial charge in [-0.25, -0.2) is 19.9 Å². The number of nitrogens with zero attached hydrogens (tertiary/aromatic N) is 5. The molecule has 7 nitrogen and oxygen atoms in total. The Bertz CT molecular complexity index is 1230. The molecule has 7 heteroatoms. The van der Waals surface area contributed by atoms with Crippen LogP contribution >= 0.6 is 0 Å². The first kappa shape index (κ1) is 28.1. The highest BCUT2D eigenvalue weighted by atomic mass is 16.5. The molecule has 0 aromatic carbocycles. The summed E-state index contributed by atoms with van der Waals surface area (Å²) in [6.07, 6.45) is 13.3. The Kier molecular flexibility index (Phi) is 10.4. The maximum atomic E-state index is 5.38. The number of ether oxygens (including phenoxy) is 1. The molecule has 0 unspecified atom stereocenters. The van der Waals surface area contributed by atoms with Crippen molar-refractivity contribution >= 4 is 17.0 Å². The topological polar surface area (TPSA) is 77.2 Å². The summed E-state index contributed by atoms with van der Waals surface area (Å²) in [5.41, 5.74) is 5.49. The van der Waals surface area contributed by atoms with E-state index in [1.54, 1.807) is 6.20 Å². The van der Waals surface area contributed by atoms with Gasteiger partial charge in [-0.3, -0.25) is 4.40 Å². The predicted octanol–water partition coefficient (Wildman–Crippen LogP) is 7.80. The van der Waals surface area contributed by atoms with Crippen LogP contribution in [0.15, 0.2) is 49.1 Å². The fraction of sp³-hybridized carbons (Fsp3) is 0.467. The quantitative estimate of drug-likeness (QED) is 0.300. The molecule has 0 aliphatic heterocycles. The number of nitrogens with one attached hydrogen (secondary N) is 1. The van der Waals surface area contributed by atoms with E-state index in [4.69, 9.17) is 4.74 Å². The maximum absolute atomic E-state index is 5.38. The highest BCUT2D eigenvalue weighted by molar-refractivity contribution is 5.66. The molecule has 1 saturated carbocycles. The molecule has 1 aliphatic carbocycles. The Morgan fingerprint density at radius 2 is 1.54 bits per heavy atom. The normalized spacial score (nSPS) is 16.7. The lowest BCUT2D eigenvalue weighted by molar-refractivity contribution is 0.308. The summed E-state index contributed by atoms with van der Waals surface area (Å²) in [7, 11) is 0. The summed E-state index contributed by atoms with van der Waals surface area (Å²) in [6, 6.07) is 7.74. The third-order valence-electron chi connectivity index (χ3n) is 6.46. The summed E-state index contributed by atoms with van der Waals surface area (Å²) >= 11 is 0. The van der Waals surface area contributed by atoms with Crippen LogP contribution in [-0.2, 0) is 0 Å². The van der Waals surface area contributed by atoms with Gasteiger partial charge >= 0.3 is 0 Å². The second-order valence-corrected chi connectivity index (χ2v) is 9.55. The Balaban J connectivity index is 0.000000322. The van der Waals surface area contributed by atoms with Gasteiger partial charge in [-0.15, -0.1) is 0 Å². The van der Waals surface area contributed by atoms with Gasteiger partial charge in [-0.2, -0.15) is 0 Å². The van der Waals surface area contributed by atoms with Crippen LogP contribution in [0.3, 0.4) is 0 Å². The highest BCUT2D eigenvalue weighted by Crippen LogP contribution is 2.27. The van der Waals surface area contributed by atoms with E-state index >= 15 is 0 Å². The first-order valence-electron chi connectivity index (χ1n) is 13.6. The van der Waals surface area contributed by atoms with Crippen molar-refractivity contribution in [3.8, 4) is 17.3 Å². The van der Waals surface area contributed by atoms with E-state index in [1.807, 2.05) is 81.9 Å². The molecule has 0 saturated heterocycles. The third-order valence-corrected chi connectivity index (χ3v) is 6.46. The molecule has 4 aromatic heterocycles. The van der Waals surface area contributed by atoms with E-state index in [-0.39, 0.29) is 0 Å². The minimum atomic E-state index is 0.599. The first-order chi connectivity index (χ1) is 17.9. The van der Waals surface area contributed by atoms with Crippen LogP contribution in [0.5, 0.6) is 5.88 Å². The van der Waals surface area contributed by atoms with Crippen molar-refractivity contribution in [3.63, 3.8) is 0 Å². The van der Waals surface area contributed by atoms with Gasteiger partial charge in [0.05, 0.1) is 41.8 Å². The van der Waals surface area contributed by atoms with Crippen molar-refractivity contribution in [2.45, 2.75) is 74.1 Å². The van der Waals surface area contributed by atoms with Crippen molar-refractivity contribution < 1.29 is 4.74 Å². The summed E-state index contributed by atoms with van der Waals surface area (Å²) in [4.78, 5) is 17.6. The number of fused-ring (bicyclic) bond motifs is 1. The maximum Gasteiger partial charge on any atom is 0.213 e. The Morgan fingerprint density at radius 3 is 2.16 bits per heavy atom. The molecule has 1 N–H and O–H groups in total. The molecule has 0 amide bonds. The molecular weight excluding hydrogens is 460 g/mol. The fourth-order valence-corrected chi connectivity index (χ4v) is 4.30. The lowest BCUT2D eigenvalue weighted by Crippen LogP contribution is -2.08. The SMILES string of the molecule is CC.CC1CCC(C)CC1.CCOc1ccc(Nc2ccc3ncc(-c4nc(C)ncc4C)n3c2)cn1. The van der Waals surface area contributed by atoms with E-state index in [0.717, 1.165) is 51.6 Å². The number of hydrogen-bond donors (Lipinski definition) is 1. The standard InChI is InChI=1S/C20H20N6O.C8H16.C2H6/c1-4-27-19-8-6-15(10-23-19)25-16-5-7-18-22-11-17(26(18)12-16)20-13(2)9-21-14(3)24-20;1-7-3-5-8(2)6-4-7;1-2/h5-12,25H,4H2,1-3H3;7-8H,3-6H2,1-2H3;1-2H3. The van der Waals surface area contributed by atoms with Crippen LogP contribution in [-0.4, -0.2) is 30.9 Å². The molecule has 198 valence electrons. The average Bonchev–Trinajstić information content (AvgIpc) is 3.33. The highest BCUT2D eigenvalue weighted by Gasteiger charge is 2.13. The average molecular weight is 503 g/mol. The second-order valence-electron chi connectivity index (χ2n) is 9.55. The number of pyridine rings is 2. The minimum absolute atomic E-state index is 0.599. The molecule has 0 bridgehead atoms. The molecule has 0 spiro atoms. The van der Waals surface area contributed by atoms with Crippen molar-refractivity contribution in [2.24, 2.45) is 11.8 Å². The molecule has 1 fully saturated rings. The molecule has 0 radical (unpaired) electrons. The van der Waals surface area contributed by atoms with Gasteiger partial charge in [0.25, 0.3) is 0 Å². The molecule has 4 aromatic rings. The van der Waals surface area contributed by atoms with Crippen LogP contribution in [0.2, 0.25) is 0 Å². The second kappa shape index (κ2) is 13.7. The van der Waals surface area contributed by atoms with Crippen LogP contribution in [0.25, 0.3) is 17.0 Å². The summed E-state index contributed by atoms with van der Waals surface area (Å²) in [5, 5.41) is 3.36. The van der Waals surface area contributed by atoms with Crippen LogP contribution in [0, 0.1) is 25.7 Å². The van der Waals surface area contributed by atoms with E-state index in [9.17, 15) is 0 Å². The van der Waals surface area contributed by atoms with Gasteiger partial charge in [-0.05, 0) is 56.4 Å². The smallest absolute Gasteiger partial charge is 0.213 e.